The first-order valence-electron chi connectivity index (χ1n) is 12.7. The third-order valence-corrected chi connectivity index (χ3v) is 7.86. The maximum atomic E-state index is 13.6. The number of carbonyl (C=O) groups is 2. The van der Waals surface area contributed by atoms with Gasteiger partial charge in [0.05, 0.1) is 10.8 Å². The molecule has 0 bridgehead atoms. The van der Waals surface area contributed by atoms with Gasteiger partial charge in [0.25, 0.3) is 5.69 Å². The fourth-order valence-corrected chi connectivity index (χ4v) is 5.66. The molecule has 2 aliphatic rings. The van der Waals surface area contributed by atoms with Gasteiger partial charge in [-0.05, 0) is 41.4 Å². The smallest absolute Gasteiger partial charge is 0.334 e. The highest BCUT2D eigenvalue weighted by Gasteiger charge is 2.43. The molecule has 7 heteroatoms. The molecule has 1 aliphatic carbocycles. The molecule has 2 aromatic rings. The van der Waals surface area contributed by atoms with E-state index in [9.17, 15) is 19.7 Å². The number of nitro groups is 1. The number of non-ortho nitro benzene ring substituents is 1. The summed E-state index contributed by atoms with van der Waals surface area (Å²) in [6.07, 6.45) is 4.57. The summed E-state index contributed by atoms with van der Waals surface area (Å²) in [5.41, 5.74) is 1.63. The van der Waals surface area contributed by atoms with Crippen molar-refractivity contribution in [3.05, 3.63) is 100 Å². The van der Waals surface area contributed by atoms with E-state index in [4.69, 9.17) is 9.47 Å². The molecule has 1 saturated carbocycles. The van der Waals surface area contributed by atoms with Crippen molar-refractivity contribution in [3.8, 4) is 0 Å². The molecule has 0 radical (unpaired) electrons. The molecule has 0 N–H and O–H groups in total. The molecule has 194 valence electrons. The van der Waals surface area contributed by atoms with Crippen molar-refractivity contribution in [1.29, 1.82) is 0 Å². The van der Waals surface area contributed by atoms with Crippen molar-refractivity contribution in [3.63, 3.8) is 0 Å². The zero-order valence-electron chi connectivity index (χ0n) is 21.5. The van der Waals surface area contributed by atoms with Crippen molar-refractivity contribution in [2.45, 2.75) is 63.6 Å². The molecular formula is C30H33NO6. The topological polar surface area (TPSA) is 95.7 Å². The van der Waals surface area contributed by atoms with Crippen LogP contribution in [0.5, 0.6) is 0 Å². The number of nitrogens with zero attached hydrogens (tertiary/aromatic N) is 1. The van der Waals surface area contributed by atoms with Gasteiger partial charge in [-0.3, -0.25) is 10.1 Å². The molecule has 0 spiro atoms. The molecule has 7 nitrogen and oxygen atoms in total. The van der Waals surface area contributed by atoms with Crippen LogP contribution >= 0.6 is 0 Å². The minimum atomic E-state index is -0.754. The molecular weight excluding hydrogens is 470 g/mol. The second-order valence-electron chi connectivity index (χ2n) is 10.7. The highest BCUT2D eigenvalue weighted by molar-refractivity contribution is 5.91. The van der Waals surface area contributed by atoms with Gasteiger partial charge in [-0.25, -0.2) is 9.59 Å². The summed E-state index contributed by atoms with van der Waals surface area (Å²) in [6, 6.07) is 16.1. The molecule has 5 atom stereocenters. The van der Waals surface area contributed by atoms with E-state index in [0.29, 0.717) is 11.5 Å². The predicted octanol–water partition coefficient (Wildman–Crippen LogP) is 6.04. The van der Waals surface area contributed by atoms with Crippen LogP contribution in [0.15, 0.2) is 78.9 Å². The molecule has 0 aromatic heterocycles. The summed E-state index contributed by atoms with van der Waals surface area (Å²) in [7, 11) is 0. The van der Waals surface area contributed by atoms with Crippen molar-refractivity contribution in [2.75, 3.05) is 0 Å². The summed E-state index contributed by atoms with van der Waals surface area (Å²) in [6.45, 7) is 10.6. The average molecular weight is 504 g/mol. The molecule has 4 rings (SSSR count). The van der Waals surface area contributed by atoms with Gasteiger partial charge in [-0.15, -0.1) is 0 Å². The Labute approximate surface area is 217 Å². The van der Waals surface area contributed by atoms with Gasteiger partial charge >= 0.3 is 11.9 Å². The highest BCUT2D eigenvalue weighted by Crippen LogP contribution is 2.44. The molecule has 1 fully saturated rings. The van der Waals surface area contributed by atoms with Crippen LogP contribution in [0.3, 0.4) is 0 Å². The van der Waals surface area contributed by atoms with Gasteiger partial charge in [0.1, 0.15) is 12.2 Å². The number of cyclic esters (lactones) is 1. The first-order chi connectivity index (χ1) is 17.6. The molecule has 1 heterocycles. The normalized spacial score (nSPS) is 24.2. The molecule has 2 aromatic carbocycles. The quantitative estimate of drug-likeness (QED) is 0.189. The highest BCUT2D eigenvalue weighted by atomic mass is 16.6. The summed E-state index contributed by atoms with van der Waals surface area (Å²) in [5, 5.41) is 11.1. The number of carbonyl (C=O) groups excluding carboxylic acids is 2. The first-order valence-corrected chi connectivity index (χ1v) is 12.7. The van der Waals surface area contributed by atoms with Gasteiger partial charge in [-0.1, -0.05) is 76.2 Å². The Hall–Kier alpha value is -3.74. The van der Waals surface area contributed by atoms with Gasteiger partial charge in [0.15, 0.2) is 0 Å². The average Bonchev–Trinajstić information content (AvgIpc) is 3.30. The molecule has 0 unspecified atom stereocenters. The van der Waals surface area contributed by atoms with Crippen molar-refractivity contribution in [2.24, 2.45) is 11.8 Å². The minimum Gasteiger partial charge on any atom is -0.459 e. The largest absolute Gasteiger partial charge is 0.459 e. The lowest BCUT2D eigenvalue weighted by Crippen LogP contribution is -2.44. The number of esters is 2. The third-order valence-electron chi connectivity index (χ3n) is 7.86. The lowest BCUT2D eigenvalue weighted by atomic mass is 9.64. The Morgan fingerprint density at radius 2 is 1.81 bits per heavy atom. The molecule has 37 heavy (non-hydrogen) atoms. The van der Waals surface area contributed by atoms with Crippen molar-refractivity contribution in [1.82, 2.24) is 0 Å². The second kappa shape index (κ2) is 10.7. The van der Waals surface area contributed by atoms with Crippen LogP contribution in [0.25, 0.3) is 0 Å². The fourth-order valence-electron chi connectivity index (χ4n) is 5.66. The summed E-state index contributed by atoms with van der Waals surface area (Å²) in [5.74, 6) is -1.25. The van der Waals surface area contributed by atoms with Gasteiger partial charge in [0, 0.05) is 29.7 Å². The van der Waals surface area contributed by atoms with Gasteiger partial charge < -0.3 is 9.47 Å². The Morgan fingerprint density at radius 3 is 2.41 bits per heavy atom. The van der Waals surface area contributed by atoms with E-state index in [1.807, 2.05) is 18.2 Å². The summed E-state index contributed by atoms with van der Waals surface area (Å²) < 4.78 is 11.6. The Morgan fingerprint density at radius 1 is 1.14 bits per heavy atom. The van der Waals surface area contributed by atoms with Crippen molar-refractivity contribution >= 4 is 17.6 Å². The van der Waals surface area contributed by atoms with Crippen LogP contribution in [-0.4, -0.2) is 29.1 Å². The van der Waals surface area contributed by atoms with Crippen molar-refractivity contribution < 1.29 is 24.0 Å². The van der Waals surface area contributed by atoms with Crippen LogP contribution in [-0.2, 0) is 24.5 Å². The molecule has 0 saturated heterocycles. The number of ether oxygens (including phenoxy) is 2. The zero-order chi connectivity index (χ0) is 26.7. The van der Waals surface area contributed by atoms with E-state index < -0.39 is 28.9 Å². The van der Waals surface area contributed by atoms with Gasteiger partial charge in [0.2, 0.25) is 0 Å². The fraction of sp³-hybridized carbons (Fsp3) is 0.400. The standard InChI is InChI=1S/C30H33NO6/c1-19-10-15-24(30(3,4)22-8-6-5-7-9-22)26(18-19)37-29(33)20(2)28(25-16-17-27(32)36-25)21-11-13-23(14-12-21)31(34)35/h5-9,11-14,16-17,19,24-26,28H,2,10,15,18H2,1,3-4H3/t19-,24-,25-,26-,28+/m1/s1. The molecule has 1 aliphatic heterocycles. The third kappa shape index (κ3) is 5.66. The lowest BCUT2D eigenvalue weighted by molar-refractivity contribution is -0.384. The lowest BCUT2D eigenvalue weighted by Gasteiger charge is -2.44. The van der Waals surface area contributed by atoms with E-state index in [0.717, 1.165) is 19.3 Å². The zero-order valence-corrected chi connectivity index (χ0v) is 21.5. The summed E-state index contributed by atoms with van der Waals surface area (Å²) in [4.78, 5) is 36.0. The van der Waals surface area contributed by atoms with Gasteiger partial charge in [-0.2, -0.15) is 0 Å². The van der Waals surface area contributed by atoms with Crippen LogP contribution in [0, 0.1) is 22.0 Å². The van der Waals surface area contributed by atoms with E-state index in [-0.39, 0.29) is 28.7 Å². The van der Waals surface area contributed by atoms with Crippen LogP contribution < -0.4 is 0 Å². The van der Waals surface area contributed by atoms with Crippen LogP contribution in [0.4, 0.5) is 5.69 Å². The maximum Gasteiger partial charge on any atom is 0.334 e. The number of rotatable bonds is 8. The molecule has 0 amide bonds. The monoisotopic (exact) mass is 503 g/mol. The first kappa shape index (κ1) is 26.3. The predicted molar refractivity (Wildman–Crippen MR) is 140 cm³/mol. The Bertz CT molecular complexity index is 1200. The second-order valence-corrected chi connectivity index (χ2v) is 10.7. The maximum absolute atomic E-state index is 13.6. The van der Waals surface area contributed by atoms with E-state index in [1.54, 1.807) is 18.2 Å². The Kier molecular flexibility index (Phi) is 7.62. The number of benzene rings is 2. The Balaban J connectivity index is 1.59. The number of hydrogen-bond acceptors (Lipinski definition) is 6. The SMILES string of the molecule is C=C(C(=O)O[C@@H]1C[C@H](C)CC[C@H]1C(C)(C)c1ccccc1)[C@@H](c1ccc([N+](=O)[O-])cc1)[C@H]1C=CC(=O)O1. The van der Waals surface area contributed by atoms with E-state index in [1.165, 1.54) is 23.8 Å². The number of hydrogen-bond donors (Lipinski definition) is 0. The van der Waals surface area contributed by atoms with E-state index >= 15 is 0 Å². The van der Waals surface area contributed by atoms with Crippen LogP contribution in [0.2, 0.25) is 0 Å². The van der Waals surface area contributed by atoms with Crippen LogP contribution in [0.1, 0.15) is 57.1 Å². The van der Waals surface area contributed by atoms with E-state index in [2.05, 4.69) is 39.5 Å². The number of nitro benzene ring substituents is 1. The minimum absolute atomic E-state index is 0.0724. The summed E-state index contributed by atoms with van der Waals surface area (Å²) >= 11 is 0.